The van der Waals surface area contributed by atoms with Crippen LogP contribution in [0.3, 0.4) is 0 Å². The summed E-state index contributed by atoms with van der Waals surface area (Å²) in [5.41, 5.74) is -1.13. The zero-order chi connectivity index (χ0) is 10.7. The lowest BCUT2D eigenvalue weighted by atomic mass is 10.2. The van der Waals surface area contributed by atoms with Gasteiger partial charge in [-0.15, -0.1) is 0 Å². The van der Waals surface area contributed by atoms with E-state index < -0.39 is 23.4 Å². The van der Waals surface area contributed by atoms with Gasteiger partial charge in [0.15, 0.2) is 11.4 Å². The predicted molar refractivity (Wildman–Crippen MR) is 42.1 cm³/mol. The molecule has 1 aromatic heterocycles. The Morgan fingerprint density at radius 1 is 1.64 bits per heavy atom. The van der Waals surface area contributed by atoms with E-state index in [1.54, 1.807) is 0 Å². The van der Waals surface area contributed by atoms with Crippen LogP contribution in [-0.4, -0.2) is 17.2 Å². The van der Waals surface area contributed by atoms with Crippen LogP contribution in [0.25, 0.3) is 0 Å². The summed E-state index contributed by atoms with van der Waals surface area (Å²) in [6.07, 6.45) is -2.88. The van der Waals surface area contributed by atoms with Crippen LogP contribution in [0, 0.1) is 11.3 Å². The number of nitrogens with zero attached hydrogens (tertiary/aromatic N) is 2. The summed E-state index contributed by atoms with van der Waals surface area (Å²) < 4.78 is 29.2. The SMILES string of the molecule is COc1cc(C(F)F)c(O)c(C#N)n1. The van der Waals surface area contributed by atoms with Crippen LogP contribution < -0.4 is 4.74 Å². The molecular formula is C8H6F2N2O2. The highest BCUT2D eigenvalue weighted by molar-refractivity contribution is 5.46. The Morgan fingerprint density at radius 2 is 2.29 bits per heavy atom. The summed E-state index contributed by atoms with van der Waals surface area (Å²) in [5.74, 6) is -0.932. The van der Waals surface area contributed by atoms with Crippen molar-refractivity contribution in [2.45, 2.75) is 6.43 Å². The van der Waals surface area contributed by atoms with Gasteiger partial charge in [0.1, 0.15) is 6.07 Å². The molecule has 0 aromatic carbocycles. The highest BCUT2D eigenvalue weighted by Crippen LogP contribution is 2.32. The first-order valence-corrected chi connectivity index (χ1v) is 3.56. The van der Waals surface area contributed by atoms with Crippen LogP contribution in [0.5, 0.6) is 11.6 Å². The molecule has 0 amide bonds. The van der Waals surface area contributed by atoms with Crippen LogP contribution >= 0.6 is 0 Å². The summed E-state index contributed by atoms with van der Waals surface area (Å²) in [4.78, 5) is 3.49. The number of hydrogen-bond acceptors (Lipinski definition) is 4. The number of ether oxygens (including phenoxy) is 1. The van der Waals surface area contributed by atoms with Gasteiger partial charge in [0.25, 0.3) is 6.43 Å². The average molecular weight is 200 g/mol. The van der Waals surface area contributed by atoms with Crippen molar-refractivity contribution in [1.82, 2.24) is 4.98 Å². The maximum atomic E-state index is 12.3. The van der Waals surface area contributed by atoms with E-state index >= 15 is 0 Å². The van der Waals surface area contributed by atoms with E-state index in [-0.39, 0.29) is 5.88 Å². The van der Waals surface area contributed by atoms with Crippen molar-refractivity contribution in [2.24, 2.45) is 0 Å². The molecule has 1 rings (SSSR count). The van der Waals surface area contributed by atoms with E-state index in [0.29, 0.717) is 0 Å². The maximum absolute atomic E-state index is 12.3. The van der Waals surface area contributed by atoms with Crippen molar-refractivity contribution in [3.8, 4) is 17.7 Å². The first-order chi connectivity index (χ1) is 6.60. The van der Waals surface area contributed by atoms with Crippen molar-refractivity contribution >= 4 is 0 Å². The lowest BCUT2D eigenvalue weighted by molar-refractivity contribution is 0.146. The quantitative estimate of drug-likeness (QED) is 0.787. The molecule has 0 aliphatic carbocycles. The molecule has 0 saturated carbocycles. The van der Waals surface area contributed by atoms with Crippen LogP contribution in [0.15, 0.2) is 6.07 Å². The fraction of sp³-hybridized carbons (Fsp3) is 0.250. The minimum Gasteiger partial charge on any atom is -0.505 e. The first-order valence-electron chi connectivity index (χ1n) is 3.56. The Kier molecular flexibility index (Phi) is 2.82. The fourth-order valence-electron chi connectivity index (χ4n) is 0.882. The number of nitriles is 1. The zero-order valence-corrected chi connectivity index (χ0v) is 7.16. The molecule has 0 bridgehead atoms. The topological polar surface area (TPSA) is 66.1 Å². The Hall–Kier alpha value is -1.90. The number of methoxy groups -OCH3 is 1. The van der Waals surface area contributed by atoms with Crippen molar-refractivity contribution < 1.29 is 18.6 Å². The van der Waals surface area contributed by atoms with Crippen LogP contribution in [-0.2, 0) is 0 Å². The molecule has 1 N–H and O–H groups in total. The minimum atomic E-state index is -2.88. The molecule has 0 spiro atoms. The van der Waals surface area contributed by atoms with Crippen molar-refractivity contribution in [3.63, 3.8) is 0 Å². The van der Waals surface area contributed by atoms with E-state index in [0.717, 1.165) is 6.07 Å². The van der Waals surface area contributed by atoms with Gasteiger partial charge in [-0.2, -0.15) is 10.2 Å². The van der Waals surface area contributed by atoms with Gasteiger partial charge in [-0.25, -0.2) is 8.78 Å². The van der Waals surface area contributed by atoms with Gasteiger partial charge in [-0.1, -0.05) is 0 Å². The smallest absolute Gasteiger partial charge is 0.267 e. The third-order valence-electron chi connectivity index (χ3n) is 1.55. The molecule has 0 atom stereocenters. The fourth-order valence-corrected chi connectivity index (χ4v) is 0.882. The first kappa shape index (κ1) is 10.2. The second kappa shape index (κ2) is 3.87. The molecule has 0 aliphatic heterocycles. The lowest BCUT2D eigenvalue weighted by Gasteiger charge is -2.06. The summed E-state index contributed by atoms with van der Waals surface area (Å²) in [6, 6.07) is 2.38. The molecule has 1 aromatic rings. The molecule has 0 aliphatic rings. The second-order valence-electron chi connectivity index (χ2n) is 2.36. The van der Waals surface area contributed by atoms with Crippen LogP contribution in [0.1, 0.15) is 17.7 Å². The largest absolute Gasteiger partial charge is 0.505 e. The molecule has 0 fully saturated rings. The number of rotatable bonds is 2. The van der Waals surface area contributed by atoms with Crippen LogP contribution in [0.4, 0.5) is 8.78 Å². The van der Waals surface area contributed by atoms with Crippen LogP contribution in [0.2, 0.25) is 0 Å². The summed E-state index contributed by atoms with van der Waals surface area (Å²) in [7, 11) is 1.23. The number of alkyl halides is 2. The van der Waals surface area contributed by atoms with Crippen molar-refractivity contribution in [1.29, 1.82) is 5.26 Å². The van der Waals surface area contributed by atoms with Crippen molar-refractivity contribution in [3.05, 3.63) is 17.3 Å². The van der Waals surface area contributed by atoms with Gasteiger partial charge in [0.05, 0.1) is 12.7 Å². The Morgan fingerprint density at radius 3 is 2.71 bits per heavy atom. The molecular weight excluding hydrogens is 194 g/mol. The Bertz CT molecular complexity index is 388. The highest BCUT2D eigenvalue weighted by atomic mass is 19.3. The predicted octanol–water partition coefficient (Wildman–Crippen LogP) is 1.61. The Balaban J connectivity index is 3.36. The summed E-state index contributed by atoms with van der Waals surface area (Å²) in [5, 5.41) is 17.6. The highest BCUT2D eigenvalue weighted by Gasteiger charge is 2.18. The lowest BCUT2D eigenvalue weighted by Crippen LogP contribution is -1.96. The summed E-state index contributed by atoms with van der Waals surface area (Å²) >= 11 is 0. The number of halogens is 2. The van der Waals surface area contributed by atoms with E-state index in [2.05, 4.69) is 9.72 Å². The van der Waals surface area contributed by atoms with E-state index in [4.69, 9.17) is 10.4 Å². The van der Waals surface area contributed by atoms with E-state index in [9.17, 15) is 8.78 Å². The second-order valence-corrected chi connectivity index (χ2v) is 2.36. The standard InChI is InChI=1S/C8H6F2N2O2/c1-14-6-2-4(8(9)10)7(13)5(3-11)12-6/h2,8,13H,1H3. The molecule has 0 radical (unpaired) electrons. The zero-order valence-electron chi connectivity index (χ0n) is 7.16. The molecule has 0 saturated heterocycles. The molecule has 1 heterocycles. The average Bonchev–Trinajstić information content (AvgIpc) is 2.17. The number of aromatic hydroxyl groups is 1. The third kappa shape index (κ3) is 1.71. The van der Waals surface area contributed by atoms with E-state index in [1.165, 1.54) is 13.2 Å². The van der Waals surface area contributed by atoms with Gasteiger partial charge in [0, 0.05) is 6.07 Å². The Labute approximate surface area is 78.4 Å². The minimum absolute atomic E-state index is 0.130. The van der Waals surface area contributed by atoms with Gasteiger partial charge in [-0.3, -0.25) is 0 Å². The molecule has 0 unspecified atom stereocenters. The van der Waals surface area contributed by atoms with E-state index in [1.807, 2.05) is 0 Å². The molecule has 6 heteroatoms. The van der Waals surface area contributed by atoms with Gasteiger partial charge >= 0.3 is 0 Å². The van der Waals surface area contributed by atoms with Gasteiger partial charge in [0.2, 0.25) is 5.88 Å². The van der Waals surface area contributed by atoms with Crippen molar-refractivity contribution in [2.75, 3.05) is 7.11 Å². The number of pyridine rings is 1. The molecule has 4 nitrogen and oxygen atoms in total. The number of aromatic nitrogens is 1. The summed E-state index contributed by atoms with van der Waals surface area (Å²) in [6.45, 7) is 0. The monoisotopic (exact) mass is 200 g/mol. The van der Waals surface area contributed by atoms with Gasteiger partial charge < -0.3 is 9.84 Å². The third-order valence-corrected chi connectivity index (χ3v) is 1.55. The van der Waals surface area contributed by atoms with Gasteiger partial charge in [-0.05, 0) is 0 Å². The number of hydrogen-bond donors (Lipinski definition) is 1. The maximum Gasteiger partial charge on any atom is 0.267 e. The molecule has 74 valence electrons. The normalized spacial score (nSPS) is 9.93. The molecule has 14 heavy (non-hydrogen) atoms.